The molecule has 0 saturated heterocycles. The van der Waals surface area contributed by atoms with Gasteiger partial charge in [-0.15, -0.1) is 0 Å². The van der Waals surface area contributed by atoms with E-state index in [4.69, 9.17) is 16.7 Å². The van der Waals surface area contributed by atoms with Gasteiger partial charge in [0, 0.05) is 16.5 Å². The minimum Gasteiger partial charge on any atom is -0.391 e. The number of hydrogen-bond donors (Lipinski definition) is 1. The fourth-order valence-corrected chi connectivity index (χ4v) is 2.39. The van der Waals surface area contributed by atoms with E-state index >= 15 is 0 Å². The van der Waals surface area contributed by atoms with E-state index in [1.807, 2.05) is 0 Å². The monoisotopic (exact) mass is 288 g/mol. The van der Waals surface area contributed by atoms with E-state index in [9.17, 15) is 8.78 Å². The number of nitrogens with zero attached hydrogens (tertiary/aromatic N) is 2. The molecule has 0 fully saturated rings. The van der Waals surface area contributed by atoms with Gasteiger partial charge in [-0.3, -0.25) is 0 Å². The molecule has 0 aliphatic rings. The molecule has 0 unspecified atom stereocenters. The molecule has 1 heterocycles. The van der Waals surface area contributed by atoms with Gasteiger partial charge >= 0.3 is 0 Å². The van der Waals surface area contributed by atoms with Crippen molar-refractivity contribution in [3.8, 4) is 0 Å². The average molecular weight is 289 g/mol. The molecule has 2 rings (SSSR count). The third-order valence-electron chi connectivity index (χ3n) is 2.11. The van der Waals surface area contributed by atoms with Crippen molar-refractivity contribution in [2.75, 3.05) is 0 Å². The summed E-state index contributed by atoms with van der Waals surface area (Å²) in [5, 5.41) is 9.60. The lowest BCUT2D eigenvalue weighted by atomic mass is 10.3. The second-order valence-corrected chi connectivity index (χ2v) is 4.67. The predicted molar refractivity (Wildman–Crippen MR) is 63.4 cm³/mol. The second-order valence-electron chi connectivity index (χ2n) is 3.28. The van der Waals surface area contributed by atoms with Crippen molar-refractivity contribution in [3.05, 3.63) is 46.9 Å². The summed E-state index contributed by atoms with van der Waals surface area (Å²) in [6.45, 7) is -0.356. The molecule has 18 heavy (non-hydrogen) atoms. The molecule has 0 amide bonds. The maximum Gasteiger partial charge on any atom is 0.140 e. The van der Waals surface area contributed by atoms with Crippen molar-refractivity contribution in [1.29, 1.82) is 0 Å². The van der Waals surface area contributed by atoms with Gasteiger partial charge in [0.25, 0.3) is 0 Å². The molecule has 2 aromatic rings. The van der Waals surface area contributed by atoms with Crippen LogP contribution in [0.1, 0.15) is 5.56 Å². The van der Waals surface area contributed by atoms with E-state index in [0.717, 1.165) is 23.9 Å². The largest absolute Gasteiger partial charge is 0.391 e. The topological polar surface area (TPSA) is 46.0 Å². The lowest BCUT2D eigenvalue weighted by Gasteiger charge is -2.07. The average Bonchev–Trinajstić information content (AvgIpc) is 2.33. The first-order chi connectivity index (χ1) is 8.61. The summed E-state index contributed by atoms with van der Waals surface area (Å²) in [4.78, 5) is 7.83. The summed E-state index contributed by atoms with van der Waals surface area (Å²) in [6, 6.07) is 3.23. The van der Waals surface area contributed by atoms with Crippen LogP contribution in [0.5, 0.6) is 0 Å². The Labute approximate surface area is 111 Å². The SMILES string of the molecule is OCc1c(Cl)ncnc1Sc1ccc(F)cc1F. The summed E-state index contributed by atoms with van der Waals surface area (Å²) in [5.41, 5.74) is 0.313. The third kappa shape index (κ3) is 2.77. The van der Waals surface area contributed by atoms with Gasteiger partial charge in [-0.05, 0) is 12.1 Å². The Morgan fingerprint density at radius 2 is 2.06 bits per heavy atom. The van der Waals surface area contributed by atoms with Crippen LogP contribution >= 0.6 is 23.4 Å². The minimum atomic E-state index is -0.696. The number of halogens is 3. The van der Waals surface area contributed by atoms with Crippen molar-refractivity contribution < 1.29 is 13.9 Å². The van der Waals surface area contributed by atoms with Crippen LogP contribution in [-0.4, -0.2) is 15.1 Å². The zero-order chi connectivity index (χ0) is 13.1. The summed E-state index contributed by atoms with van der Waals surface area (Å²) in [5.74, 6) is -1.35. The van der Waals surface area contributed by atoms with Gasteiger partial charge in [0.15, 0.2) is 0 Å². The molecule has 0 radical (unpaired) electrons. The number of aliphatic hydroxyl groups excluding tert-OH is 1. The Balaban J connectivity index is 2.37. The highest BCUT2D eigenvalue weighted by molar-refractivity contribution is 7.99. The molecular formula is C11H7ClF2N2OS. The Morgan fingerprint density at radius 1 is 1.28 bits per heavy atom. The maximum absolute atomic E-state index is 13.5. The first-order valence-corrected chi connectivity index (χ1v) is 6.04. The fourth-order valence-electron chi connectivity index (χ4n) is 1.26. The van der Waals surface area contributed by atoms with Crippen LogP contribution in [-0.2, 0) is 6.61 Å². The molecule has 1 N–H and O–H groups in total. The van der Waals surface area contributed by atoms with E-state index in [1.165, 1.54) is 12.4 Å². The van der Waals surface area contributed by atoms with Gasteiger partial charge in [0.05, 0.1) is 6.61 Å². The highest BCUT2D eigenvalue weighted by Crippen LogP contribution is 2.32. The van der Waals surface area contributed by atoms with Gasteiger partial charge in [0.1, 0.15) is 28.1 Å². The van der Waals surface area contributed by atoms with Crippen molar-refractivity contribution in [1.82, 2.24) is 9.97 Å². The van der Waals surface area contributed by atoms with Crippen LogP contribution in [0.3, 0.4) is 0 Å². The third-order valence-corrected chi connectivity index (χ3v) is 3.53. The van der Waals surface area contributed by atoms with Crippen LogP contribution < -0.4 is 0 Å². The quantitative estimate of drug-likeness (QED) is 0.882. The first kappa shape index (κ1) is 13.2. The minimum absolute atomic E-state index is 0.109. The van der Waals surface area contributed by atoms with Crippen LogP contribution in [0.15, 0.2) is 34.4 Å². The number of hydrogen-bond acceptors (Lipinski definition) is 4. The first-order valence-electron chi connectivity index (χ1n) is 4.85. The second kappa shape index (κ2) is 5.60. The van der Waals surface area contributed by atoms with Gasteiger partial charge in [-0.1, -0.05) is 23.4 Å². The maximum atomic E-state index is 13.5. The van der Waals surface area contributed by atoms with E-state index in [2.05, 4.69) is 9.97 Å². The standard InChI is InChI=1S/C11H7ClF2N2OS/c12-10-7(4-17)11(16-5-15-10)18-9-2-1-6(13)3-8(9)14/h1-3,5,17H,4H2. The summed E-state index contributed by atoms with van der Waals surface area (Å²) >= 11 is 6.73. The highest BCUT2D eigenvalue weighted by atomic mass is 35.5. The van der Waals surface area contributed by atoms with Crippen LogP contribution in [0.25, 0.3) is 0 Å². The van der Waals surface area contributed by atoms with Gasteiger partial charge in [-0.2, -0.15) is 0 Å². The molecule has 94 valence electrons. The van der Waals surface area contributed by atoms with Crippen molar-refractivity contribution >= 4 is 23.4 Å². The number of benzene rings is 1. The number of aromatic nitrogens is 2. The molecule has 0 saturated carbocycles. The molecular weight excluding hydrogens is 282 g/mol. The Kier molecular flexibility index (Phi) is 4.11. The zero-order valence-electron chi connectivity index (χ0n) is 8.90. The van der Waals surface area contributed by atoms with Crippen molar-refractivity contribution in [2.45, 2.75) is 16.5 Å². The summed E-state index contributed by atoms with van der Waals surface area (Å²) in [6.07, 6.45) is 1.21. The number of aliphatic hydroxyl groups is 1. The molecule has 3 nitrogen and oxygen atoms in total. The van der Waals surface area contributed by atoms with Crippen LogP contribution in [0.4, 0.5) is 8.78 Å². The van der Waals surface area contributed by atoms with Gasteiger partial charge in [0.2, 0.25) is 0 Å². The predicted octanol–water partition coefficient (Wildman–Crippen LogP) is 3.05. The normalized spacial score (nSPS) is 10.7. The Morgan fingerprint density at radius 3 is 2.72 bits per heavy atom. The molecule has 7 heteroatoms. The molecule has 0 aliphatic heterocycles. The highest BCUT2D eigenvalue weighted by Gasteiger charge is 2.13. The lowest BCUT2D eigenvalue weighted by molar-refractivity contribution is 0.277. The zero-order valence-corrected chi connectivity index (χ0v) is 10.5. The van der Waals surface area contributed by atoms with Crippen LogP contribution in [0.2, 0.25) is 5.15 Å². The molecule has 0 spiro atoms. The molecule has 0 atom stereocenters. The Hall–Kier alpha value is -1.24. The fraction of sp³-hybridized carbons (Fsp3) is 0.0909. The summed E-state index contributed by atoms with van der Waals surface area (Å²) < 4.78 is 26.2. The van der Waals surface area contributed by atoms with E-state index < -0.39 is 11.6 Å². The van der Waals surface area contributed by atoms with Crippen LogP contribution in [0, 0.1) is 11.6 Å². The molecule has 0 aliphatic carbocycles. The molecule has 0 bridgehead atoms. The van der Waals surface area contributed by atoms with Gasteiger partial charge in [-0.25, -0.2) is 18.7 Å². The molecule has 1 aromatic heterocycles. The van der Waals surface area contributed by atoms with Crippen molar-refractivity contribution in [2.24, 2.45) is 0 Å². The van der Waals surface area contributed by atoms with E-state index in [0.29, 0.717) is 10.6 Å². The van der Waals surface area contributed by atoms with Gasteiger partial charge < -0.3 is 5.11 Å². The molecule has 1 aromatic carbocycles. The summed E-state index contributed by atoms with van der Waals surface area (Å²) in [7, 11) is 0. The van der Waals surface area contributed by atoms with E-state index in [-0.39, 0.29) is 16.7 Å². The van der Waals surface area contributed by atoms with Crippen molar-refractivity contribution in [3.63, 3.8) is 0 Å². The Bertz CT molecular complexity index is 583. The smallest absolute Gasteiger partial charge is 0.140 e. The number of rotatable bonds is 3. The van der Waals surface area contributed by atoms with E-state index in [1.54, 1.807) is 0 Å². The lowest BCUT2D eigenvalue weighted by Crippen LogP contribution is -1.96.